The molecule has 0 fully saturated rings. The number of nitrogens with one attached hydrogen (secondary N) is 2. The highest BCUT2D eigenvalue weighted by molar-refractivity contribution is 5.56. The molecule has 0 spiro atoms. The maximum absolute atomic E-state index is 4.10. The molecule has 2 aromatic heterocycles. The summed E-state index contributed by atoms with van der Waals surface area (Å²) in [5.74, 6) is 0. The zero-order chi connectivity index (χ0) is 9.97. The molecule has 0 saturated heterocycles. The molecule has 0 aromatic carbocycles. The Morgan fingerprint density at radius 2 is 2.36 bits per heavy atom. The lowest BCUT2D eigenvalue weighted by Crippen LogP contribution is -2.07. The highest BCUT2D eigenvalue weighted by Crippen LogP contribution is 2.17. The van der Waals surface area contributed by atoms with E-state index in [1.165, 1.54) is 0 Å². The van der Waals surface area contributed by atoms with Crippen LogP contribution in [-0.2, 0) is 13.6 Å². The van der Waals surface area contributed by atoms with Crippen molar-refractivity contribution in [1.29, 1.82) is 0 Å². The highest BCUT2D eigenvalue weighted by atomic mass is 15.3. The van der Waals surface area contributed by atoms with Gasteiger partial charge in [0.1, 0.15) is 11.4 Å². The number of hydrogen-bond acceptors (Lipinski definition) is 4. The summed E-state index contributed by atoms with van der Waals surface area (Å²) in [6, 6.07) is 1.91. The second-order valence-electron chi connectivity index (χ2n) is 2.99. The fourth-order valence-electron chi connectivity index (χ4n) is 1.35. The Kier molecular flexibility index (Phi) is 2.28. The van der Waals surface area contributed by atoms with Crippen LogP contribution in [0.1, 0.15) is 5.69 Å². The molecule has 0 atom stereocenters. The van der Waals surface area contributed by atoms with Gasteiger partial charge in [-0.25, -0.2) is 0 Å². The highest BCUT2D eigenvalue weighted by Gasteiger charge is 2.11. The van der Waals surface area contributed by atoms with E-state index in [0.717, 1.165) is 17.1 Å². The van der Waals surface area contributed by atoms with Gasteiger partial charge in [-0.2, -0.15) is 20.5 Å². The Hall–Kier alpha value is -1.69. The molecule has 2 rings (SSSR count). The fraction of sp³-hybridized carbons (Fsp3) is 0.375. The van der Waals surface area contributed by atoms with Gasteiger partial charge in [0.15, 0.2) is 0 Å². The first-order valence-corrected chi connectivity index (χ1v) is 4.35. The van der Waals surface area contributed by atoms with Crippen molar-refractivity contribution < 1.29 is 0 Å². The van der Waals surface area contributed by atoms with Crippen molar-refractivity contribution in [2.75, 3.05) is 7.05 Å². The van der Waals surface area contributed by atoms with E-state index in [2.05, 4.69) is 25.8 Å². The summed E-state index contributed by atoms with van der Waals surface area (Å²) < 4.78 is 1.77. The summed E-state index contributed by atoms with van der Waals surface area (Å²) in [5, 5.41) is 17.9. The maximum Gasteiger partial charge on any atom is 0.135 e. The molecule has 0 aliphatic carbocycles. The number of hydrogen-bond donors (Lipinski definition) is 2. The third-order valence-corrected chi connectivity index (χ3v) is 2.03. The number of nitrogens with zero attached hydrogens (tertiary/aromatic N) is 4. The average molecular weight is 192 g/mol. The van der Waals surface area contributed by atoms with Crippen LogP contribution in [0.2, 0.25) is 0 Å². The van der Waals surface area contributed by atoms with Gasteiger partial charge in [0.2, 0.25) is 0 Å². The summed E-state index contributed by atoms with van der Waals surface area (Å²) >= 11 is 0. The normalized spacial score (nSPS) is 10.7. The summed E-state index contributed by atoms with van der Waals surface area (Å²) in [6.07, 6.45) is 1.74. The van der Waals surface area contributed by atoms with Crippen LogP contribution in [0.4, 0.5) is 0 Å². The van der Waals surface area contributed by atoms with E-state index in [1.54, 1.807) is 10.9 Å². The molecule has 14 heavy (non-hydrogen) atoms. The Morgan fingerprint density at radius 3 is 3.00 bits per heavy atom. The molecule has 2 N–H and O–H groups in total. The fourth-order valence-corrected chi connectivity index (χ4v) is 1.35. The zero-order valence-corrected chi connectivity index (χ0v) is 8.15. The number of aryl methyl sites for hydroxylation is 1. The number of aromatic amines is 1. The monoisotopic (exact) mass is 192 g/mol. The van der Waals surface area contributed by atoms with Crippen LogP contribution in [0.5, 0.6) is 0 Å². The van der Waals surface area contributed by atoms with E-state index in [0.29, 0.717) is 6.54 Å². The topological polar surface area (TPSA) is 71.4 Å². The number of H-pyrrole nitrogens is 1. The van der Waals surface area contributed by atoms with Gasteiger partial charge >= 0.3 is 0 Å². The van der Waals surface area contributed by atoms with Crippen LogP contribution in [0, 0.1) is 0 Å². The SMILES string of the molecule is CNCc1n[nH]nc1-c1ccnn1C. The molecular weight excluding hydrogens is 180 g/mol. The largest absolute Gasteiger partial charge is 0.314 e. The smallest absolute Gasteiger partial charge is 0.135 e. The molecule has 2 aromatic rings. The van der Waals surface area contributed by atoms with E-state index < -0.39 is 0 Å². The minimum Gasteiger partial charge on any atom is -0.314 e. The van der Waals surface area contributed by atoms with Crippen LogP contribution in [0.15, 0.2) is 12.3 Å². The molecule has 2 heterocycles. The maximum atomic E-state index is 4.10. The number of aromatic nitrogens is 5. The summed E-state index contributed by atoms with van der Waals surface area (Å²) in [4.78, 5) is 0. The van der Waals surface area contributed by atoms with Crippen molar-refractivity contribution >= 4 is 0 Å². The lowest BCUT2D eigenvalue weighted by atomic mass is 10.2. The van der Waals surface area contributed by atoms with Gasteiger partial charge < -0.3 is 5.32 Å². The van der Waals surface area contributed by atoms with E-state index in [-0.39, 0.29) is 0 Å². The van der Waals surface area contributed by atoms with Crippen molar-refractivity contribution in [3.63, 3.8) is 0 Å². The van der Waals surface area contributed by atoms with Crippen LogP contribution < -0.4 is 5.32 Å². The lowest BCUT2D eigenvalue weighted by Gasteiger charge is -1.99. The Labute approximate surface area is 81.3 Å². The van der Waals surface area contributed by atoms with Crippen LogP contribution in [-0.4, -0.2) is 32.2 Å². The molecule has 6 nitrogen and oxygen atoms in total. The predicted molar refractivity (Wildman–Crippen MR) is 51.3 cm³/mol. The summed E-state index contributed by atoms with van der Waals surface area (Å²) in [7, 11) is 3.76. The molecular formula is C8H12N6. The van der Waals surface area contributed by atoms with Gasteiger partial charge in [0.25, 0.3) is 0 Å². The first kappa shape index (κ1) is 8.89. The van der Waals surface area contributed by atoms with Gasteiger partial charge in [0, 0.05) is 19.8 Å². The predicted octanol–water partition coefficient (Wildman–Crippen LogP) is -0.0754. The Bertz CT molecular complexity index is 415. The molecule has 0 saturated carbocycles. The van der Waals surface area contributed by atoms with Gasteiger partial charge in [-0.15, -0.1) is 0 Å². The van der Waals surface area contributed by atoms with E-state index in [9.17, 15) is 0 Å². The van der Waals surface area contributed by atoms with Gasteiger partial charge in [0.05, 0.1) is 5.69 Å². The zero-order valence-electron chi connectivity index (χ0n) is 8.15. The third kappa shape index (κ3) is 1.39. The average Bonchev–Trinajstić information content (AvgIpc) is 2.74. The van der Waals surface area contributed by atoms with Gasteiger partial charge in [-0.1, -0.05) is 0 Å². The molecule has 0 radical (unpaired) electrons. The van der Waals surface area contributed by atoms with Crippen molar-refractivity contribution in [3.8, 4) is 11.4 Å². The van der Waals surface area contributed by atoms with Crippen LogP contribution >= 0.6 is 0 Å². The lowest BCUT2D eigenvalue weighted by molar-refractivity contribution is 0.764. The van der Waals surface area contributed by atoms with E-state index in [1.807, 2.05) is 20.2 Å². The summed E-state index contributed by atoms with van der Waals surface area (Å²) in [5.41, 5.74) is 2.71. The van der Waals surface area contributed by atoms with Crippen molar-refractivity contribution in [1.82, 2.24) is 30.5 Å². The Morgan fingerprint density at radius 1 is 1.50 bits per heavy atom. The second kappa shape index (κ2) is 3.59. The minimum absolute atomic E-state index is 0.691. The van der Waals surface area contributed by atoms with Crippen LogP contribution in [0.25, 0.3) is 11.4 Å². The molecule has 6 heteroatoms. The number of rotatable bonds is 3. The first-order chi connectivity index (χ1) is 6.83. The molecule has 0 aliphatic rings. The van der Waals surface area contributed by atoms with Crippen LogP contribution in [0.3, 0.4) is 0 Å². The van der Waals surface area contributed by atoms with Gasteiger partial charge in [-0.05, 0) is 13.1 Å². The summed E-state index contributed by atoms with van der Waals surface area (Å²) in [6.45, 7) is 0.691. The van der Waals surface area contributed by atoms with Crippen molar-refractivity contribution in [3.05, 3.63) is 18.0 Å². The molecule has 0 unspecified atom stereocenters. The third-order valence-electron chi connectivity index (χ3n) is 2.03. The second-order valence-corrected chi connectivity index (χ2v) is 2.99. The minimum atomic E-state index is 0.691. The molecule has 74 valence electrons. The standard InChI is InChI=1S/C8H12N6/c1-9-5-6-8(12-13-11-6)7-3-4-10-14(7)2/h3-4,9H,5H2,1-2H3,(H,11,12,13). The Balaban J connectivity index is 2.41. The molecule has 0 bridgehead atoms. The van der Waals surface area contributed by atoms with Crippen molar-refractivity contribution in [2.24, 2.45) is 7.05 Å². The van der Waals surface area contributed by atoms with Crippen molar-refractivity contribution in [2.45, 2.75) is 6.54 Å². The van der Waals surface area contributed by atoms with E-state index >= 15 is 0 Å². The quantitative estimate of drug-likeness (QED) is 0.713. The van der Waals surface area contributed by atoms with E-state index in [4.69, 9.17) is 0 Å². The molecule has 0 aliphatic heterocycles. The first-order valence-electron chi connectivity index (χ1n) is 4.35. The van der Waals surface area contributed by atoms with Gasteiger partial charge in [-0.3, -0.25) is 4.68 Å². The molecule has 0 amide bonds.